The van der Waals surface area contributed by atoms with Crippen LogP contribution in [0.15, 0.2) is 24.4 Å². The molecule has 0 aliphatic carbocycles. The lowest BCUT2D eigenvalue weighted by atomic mass is 10.1. The summed E-state index contributed by atoms with van der Waals surface area (Å²) in [6, 6.07) is 6.12. The first-order valence-electron chi connectivity index (χ1n) is 8.12. The van der Waals surface area contributed by atoms with Crippen molar-refractivity contribution in [3.63, 3.8) is 0 Å². The Morgan fingerprint density at radius 3 is 2.58 bits per heavy atom. The number of hydrogen-bond donors (Lipinski definition) is 2. The van der Waals surface area contributed by atoms with Gasteiger partial charge >= 0.3 is 0 Å². The molecule has 0 saturated carbocycles. The summed E-state index contributed by atoms with van der Waals surface area (Å²) < 4.78 is 1.78. The molecule has 0 bridgehead atoms. The number of carbonyl (C=O) groups is 1. The van der Waals surface area contributed by atoms with E-state index in [2.05, 4.69) is 5.10 Å². The maximum absolute atomic E-state index is 12.7. The lowest BCUT2D eigenvalue weighted by molar-refractivity contribution is 0.0709. The van der Waals surface area contributed by atoms with Crippen LogP contribution < -0.4 is 0 Å². The Hall–Kier alpha value is -2.18. The van der Waals surface area contributed by atoms with Crippen molar-refractivity contribution in [3.8, 4) is 5.69 Å². The minimum absolute atomic E-state index is 0.00986. The third-order valence-electron chi connectivity index (χ3n) is 4.08. The predicted octanol–water partition coefficient (Wildman–Crippen LogP) is 1.61. The summed E-state index contributed by atoms with van der Waals surface area (Å²) in [6.45, 7) is 6.45. The predicted molar refractivity (Wildman–Crippen MR) is 92.5 cm³/mol. The van der Waals surface area contributed by atoms with E-state index >= 15 is 0 Å². The Morgan fingerprint density at radius 2 is 1.92 bits per heavy atom. The number of carbonyl (C=O) groups excluding carboxylic acids is 1. The Bertz CT molecular complexity index is 710. The Labute approximate surface area is 142 Å². The molecule has 0 aliphatic rings. The first-order chi connectivity index (χ1) is 11.5. The van der Waals surface area contributed by atoms with Crippen molar-refractivity contribution < 1.29 is 15.0 Å². The zero-order valence-electron chi connectivity index (χ0n) is 14.5. The van der Waals surface area contributed by atoms with Crippen molar-refractivity contribution in [2.24, 2.45) is 0 Å². The molecule has 2 aromatic rings. The molecule has 6 nitrogen and oxygen atoms in total. The van der Waals surface area contributed by atoms with Crippen molar-refractivity contribution in [1.29, 1.82) is 0 Å². The van der Waals surface area contributed by atoms with Crippen LogP contribution in [0.3, 0.4) is 0 Å². The molecule has 24 heavy (non-hydrogen) atoms. The molecule has 1 amide bonds. The van der Waals surface area contributed by atoms with Gasteiger partial charge in [-0.15, -0.1) is 0 Å². The second-order valence-electron chi connectivity index (χ2n) is 5.94. The number of rotatable bonds is 7. The molecule has 0 spiro atoms. The second-order valence-corrected chi connectivity index (χ2v) is 5.94. The van der Waals surface area contributed by atoms with Gasteiger partial charge in [0.25, 0.3) is 5.91 Å². The maximum Gasteiger partial charge on any atom is 0.257 e. The highest BCUT2D eigenvalue weighted by atomic mass is 16.3. The number of aromatic nitrogens is 2. The molecule has 130 valence electrons. The van der Waals surface area contributed by atoms with Crippen LogP contribution in [0.5, 0.6) is 0 Å². The van der Waals surface area contributed by atoms with Gasteiger partial charge < -0.3 is 15.1 Å². The molecule has 2 N–H and O–H groups in total. The van der Waals surface area contributed by atoms with Crippen molar-refractivity contribution >= 4 is 5.91 Å². The van der Waals surface area contributed by atoms with Crippen LogP contribution >= 0.6 is 0 Å². The number of amides is 1. The molecule has 0 radical (unpaired) electrons. The van der Waals surface area contributed by atoms with E-state index in [0.29, 0.717) is 18.5 Å². The minimum Gasteiger partial charge on any atom is -0.396 e. The lowest BCUT2D eigenvalue weighted by Crippen LogP contribution is -2.35. The van der Waals surface area contributed by atoms with Crippen LogP contribution in [0.25, 0.3) is 5.69 Å². The van der Waals surface area contributed by atoms with Gasteiger partial charge in [-0.2, -0.15) is 5.10 Å². The number of aliphatic hydroxyl groups is 2. The number of aryl methyl sites for hydroxylation is 2. The van der Waals surface area contributed by atoms with Crippen LogP contribution in [0.2, 0.25) is 0 Å². The SMILES string of the molecule is Cc1ccc(C)c(-n2ncc(C(=O)N(CCO)CCCO)c2C)c1. The van der Waals surface area contributed by atoms with Crippen LogP contribution in [-0.2, 0) is 0 Å². The quantitative estimate of drug-likeness (QED) is 0.808. The monoisotopic (exact) mass is 331 g/mol. The molecule has 0 unspecified atom stereocenters. The van der Waals surface area contributed by atoms with E-state index in [-0.39, 0.29) is 25.7 Å². The fourth-order valence-electron chi connectivity index (χ4n) is 2.68. The Morgan fingerprint density at radius 1 is 1.17 bits per heavy atom. The second kappa shape index (κ2) is 8.08. The van der Waals surface area contributed by atoms with Gasteiger partial charge in [0.2, 0.25) is 0 Å². The zero-order valence-corrected chi connectivity index (χ0v) is 14.5. The molecule has 1 heterocycles. The third kappa shape index (κ3) is 3.83. The largest absolute Gasteiger partial charge is 0.396 e. The molecule has 0 aliphatic heterocycles. The van der Waals surface area contributed by atoms with E-state index in [9.17, 15) is 9.90 Å². The van der Waals surface area contributed by atoms with Crippen molar-refractivity contribution in [2.45, 2.75) is 27.2 Å². The molecular weight excluding hydrogens is 306 g/mol. The van der Waals surface area contributed by atoms with E-state index in [1.165, 1.54) is 0 Å². The summed E-state index contributed by atoms with van der Waals surface area (Å²) in [7, 11) is 0. The van der Waals surface area contributed by atoms with Crippen LogP contribution in [-0.4, -0.2) is 57.1 Å². The topological polar surface area (TPSA) is 78.6 Å². The fraction of sp³-hybridized carbons (Fsp3) is 0.444. The molecule has 0 fully saturated rings. The van der Waals surface area contributed by atoms with Gasteiger partial charge in [-0.3, -0.25) is 4.79 Å². The molecule has 1 aromatic heterocycles. The van der Waals surface area contributed by atoms with Gasteiger partial charge in [0.05, 0.1) is 29.7 Å². The average molecular weight is 331 g/mol. The number of nitrogens with zero attached hydrogens (tertiary/aromatic N) is 3. The van der Waals surface area contributed by atoms with E-state index in [0.717, 1.165) is 22.5 Å². The molecule has 2 rings (SSSR count). The molecule has 6 heteroatoms. The van der Waals surface area contributed by atoms with Crippen molar-refractivity contribution in [2.75, 3.05) is 26.3 Å². The highest BCUT2D eigenvalue weighted by molar-refractivity contribution is 5.95. The first kappa shape index (κ1) is 18.2. The fourth-order valence-corrected chi connectivity index (χ4v) is 2.68. The normalized spacial score (nSPS) is 10.9. The van der Waals surface area contributed by atoms with E-state index in [1.807, 2.05) is 39.0 Å². The van der Waals surface area contributed by atoms with Crippen LogP contribution in [0, 0.1) is 20.8 Å². The number of benzene rings is 1. The van der Waals surface area contributed by atoms with Gasteiger partial charge in [-0.1, -0.05) is 12.1 Å². The van der Waals surface area contributed by atoms with Crippen LogP contribution in [0.4, 0.5) is 0 Å². The smallest absolute Gasteiger partial charge is 0.257 e. The van der Waals surface area contributed by atoms with Crippen molar-refractivity contribution in [1.82, 2.24) is 14.7 Å². The molecule has 0 saturated heterocycles. The summed E-state index contributed by atoms with van der Waals surface area (Å²) in [5.41, 5.74) is 4.44. The Kier molecular flexibility index (Phi) is 6.11. The highest BCUT2D eigenvalue weighted by Gasteiger charge is 2.21. The van der Waals surface area contributed by atoms with Gasteiger partial charge in [-0.25, -0.2) is 4.68 Å². The van der Waals surface area contributed by atoms with E-state index in [4.69, 9.17) is 5.11 Å². The summed E-state index contributed by atoms with van der Waals surface area (Å²) in [6.07, 6.45) is 2.05. The molecular formula is C18H25N3O3. The standard InChI is InChI=1S/C18H25N3O3/c1-13-5-6-14(2)17(11-13)21-15(3)16(12-19-21)18(24)20(8-10-23)7-4-9-22/h5-6,11-12,22-23H,4,7-10H2,1-3H3. The highest BCUT2D eigenvalue weighted by Crippen LogP contribution is 2.20. The molecule has 1 aromatic carbocycles. The van der Waals surface area contributed by atoms with E-state index < -0.39 is 0 Å². The van der Waals surface area contributed by atoms with Crippen LogP contribution in [0.1, 0.15) is 33.6 Å². The third-order valence-corrected chi connectivity index (χ3v) is 4.08. The summed E-state index contributed by atoms with van der Waals surface area (Å²) >= 11 is 0. The Balaban J connectivity index is 2.34. The lowest BCUT2D eigenvalue weighted by Gasteiger charge is -2.21. The van der Waals surface area contributed by atoms with E-state index in [1.54, 1.807) is 15.8 Å². The zero-order chi connectivity index (χ0) is 17.7. The average Bonchev–Trinajstić information content (AvgIpc) is 2.94. The summed E-state index contributed by atoms with van der Waals surface area (Å²) in [4.78, 5) is 14.3. The first-order valence-corrected chi connectivity index (χ1v) is 8.12. The number of hydrogen-bond acceptors (Lipinski definition) is 4. The van der Waals surface area contributed by atoms with Crippen molar-refractivity contribution in [3.05, 3.63) is 46.8 Å². The van der Waals surface area contributed by atoms with Gasteiger partial charge in [0, 0.05) is 19.7 Å². The van der Waals surface area contributed by atoms with Gasteiger partial charge in [-0.05, 0) is 44.4 Å². The molecule has 0 atom stereocenters. The summed E-state index contributed by atoms with van der Waals surface area (Å²) in [5.74, 6) is -0.174. The minimum atomic E-state index is -0.174. The summed E-state index contributed by atoms with van der Waals surface area (Å²) in [5, 5.41) is 22.5. The number of aliphatic hydroxyl groups excluding tert-OH is 2. The van der Waals surface area contributed by atoms with Gasteiger partial charge in [0.15, 0.2) is 0 Å². The maximum atomic E-state index is 12.7. The van der Waals surface area contributed by atoms with Gasteiger partial charge in [0.1, 0.15) is 0 Å².